The highest BCUT2D eigenvalue weighted by molar-refractivity contribution is 5.49. The van der Waals surface area contributed by atoms with Gasteiger partial charge >= 0.3 is 0 Å². The summed E-state index contributed by atoms with van der Waals surface area (Å²) in [4.78, 5) is 0. The summed E-state index contributed by atoms with van der Waals surface area (Å²) in [6.45, 7) is 3.51. The Morgan fingerprint density at radius 3 is 2.74 bits per heavy atom. The first-order valence-corrected chi connectivity index (χ1v) is 6.31. The van der Waals surface area contributed by atoms with Crippen LogP contribution in [0.1, 0.15) is 24.7 Å². The highest BCUT2D eigenvalue weighted by Crippen LogP contribution is 2.23. The minimum atomic E-state index is -0.562. The lowest BCUT2D eigenvalue weighted by atomic mass is 10.1. The molecule has 1 aromatic heterocycles. The molecule has 0 aliphatic heterocycles. The van der Waals surface area contributed by atoms with Crippen LogP contribution in [0.25, 0.3) is 0 Å². The van der Waals surface area contributed by atoms with Crippen molar-refractivity contribution in [1.82, 2.24) is 0 Å². The quantitative estimate of drug-likeness (QED) is 0.872. The van der Waals surface area contributed by atoms with Crippen LogP contribution in [0.5, 0.6) is 0 Å². The van der Waals surface area contributed by atoms with Crippen molar-refractivity contribution in [3.63, 3.8) is 0 Å². The predicted octanol–water partition coefficient (Wildman–Crippen LogP) is 4.30. The first kappa shape index (κ1) is 13.6. The average Bonchev–Trinajstić information content (AvgIpc) is 2.90. The number of nitrogens with one attached hydrogen (secondary N) is 1. The molecule has 1 heterocycles. The van der Waals surface area contributed by atoms with Gasteiger partial charge in [0.05, 0.1) is 6.26 Å². The molecular weight excluding hydrogens is 248 g/mol. The van der Waals surface area contributed by atoms with Gasteiger partial charge in [0, 0.05) is 12.5 Å². The van der Waals surface area contributed by atoms with E-state index < -0.39 is 11.6 Å². The first-order valence-electron chi connectivity index (χ1n) is 6.31. The molecule has 0 aliphatic carbocycles. The van der Waals surface area contributed by atoms with Crippen molar-refractivity contribution in [3.8, 4) is 0 Å². The molecular formula is C15H17F2NO. The van der Waals surface area contributed by atoms with Gasteiger partial charge in [-0.25, -0.2) is 8.78 Å². The Hall–Kier alpha value is -1.84. The van der Waals surface area contributed by atoms with Gasteiger partial charge in [-0.2, -0.15) is 0 Å². The van der Waals surface area contributed by atoms with E-state index in [2.05, 4.69) is 5.32 Å². The Labute approximate surface area is 111 Å². The topological polar surface area (TPSA) is 25.2 Å². The van der Waals surface area contributed by atoms with Crippen LogP contribution >= 0.6 is 0 Å². The van der Waals surface area contributed by atoms with Crippen molar-refractivity contribution in [1.29, 1.82) is 0 Å². The fourth-order valence-electron chi connectivity index (χ4n) is 1.92. The van der Waals surface area contributed by atoms with Crippen LogP contribution in [0.3, 0.4) is 0 Å². The van der Waals surface area contributed by atoms with E-state index in [1.54, 1.807) is 13.2 Å². The molecule has 2 rings (SSSR count). The summed E-state index contributed by atoms with van der Waals surface area (Å²) in [6.07, 6.45) is 3.09. The van der Waals surface area contributed by atoms with E-state index in [-0.39, 0.29) is 11.7 Å². The van der Waals surface area contributed by atoms with Crippen molar-refractivity contribution in [2.24, 2.45) is 0 Å². The zero-order valence-electron chi connectivity index (χ0n) is 11.0. The van der Waals surface area contributed by atoms with Crippen molar-refractivity contribution < 1.29 is 13.2 Å². The number of halogens is 2. The number of furan rings is 1. The zero-order chi connectivity index (χ0) is 13.8. The summed E-state index contributed by atoms with van der Waals surface area (Å²) < 4.78 is 32.6. The Balaban J connectivity index is 1.99. The van der Waals surface area contributed by atoms with Crippen LogP contribution < -0.4 is 5.32 Å². The highest BCUT2D eigenvalue weighted by atomic mass is 19.1. The van der Waals surface area contributed by atoms with Gasteiger partial charge in [0.2, 0.25) is 0 Å². The molecule has 1 atom stereocenters. The average molecular weight is 265 g/mol. The maximum atomic E-state index is 13.8. The van der Waals surface area contributed by atoms with Crippen molar-refractivity contribution in [3.05, 3.63) is 53.5 Å². The van der Waals surface area contributed by atoms with Crippen LogP contribution in [0, 0.1) is 18.6 Å². The fraction of sp³-hybridized carbons (Fsp3) is 0.333. The molecule has 0 amide bonds. The van der Waals surface area contributed by atoms with Gasteiger partial charge in [-0.05, 0) is 44.0 Å². The normalized spacial score (nSPS) is 12.4. The molecule has 2 aromatic rings. The number of aryl methyl sites for hydroxylation is 2. The SMILES string of the molecule is Cc1ccc(F)c(NC(C)CCc2ccco2)c1F. The van der Waals surface area contributed by atoms with Crippen LogP contribution in [-0.2, 0) is 6.42 Å². The second kappa shape index (κ2) is 5.87. The van der Waals surface area contributed by atoms with Gasteiger partial charge in [0.25, 0.3) is 0 Å². The van der Waals surface area contributed by atoms with E-state index in [0.717, 1.165) is 18.6 Å². The summed E-state index contributed by atoms with van der Waals surface area (Å²) in [5.41, 5.74) is 0.383. The molecule has 1 aromatic carbocycles. The smallest absolute Gasteiger partial charge is 0.152 e. The van der Waals surface area contributed by atoms with Crippen LogP contribution in [0.4, 0.5) is 14.5 Å². The molecule has 1 N–H and O–H groups in total. The van der Waals surface area contributed by atoms with E-state index in [4.69, 9.17) is 4.42 Å². The second-order valence-electron chi connectivity index (χ2n) is 4.72. The van der Waals surface area contributed by atoms with Crippen LogP contribution in [0.15, 0.2) is 34.9 Å². The van der Waals surface area contributed by atoms with E-state index in [1.807, 2.05) is 19.1 Å². The molecule has 1 unspecified atom stereocenters. The predicted molar refractivity (Wildman–Crippen MR) is 71.2 cm³/mol. The van der Waals surface area contributed by atoms with Gasteiger partial charge in [-0.3, -0.25) is 0 Å². The monoisotopic (exact) mass is 265 g/mol. The molecule has 0 saturated heterocycles. The minimum absolute atomic E-state index is 0.0455. The lowest BCUT2D eigenvalue weighted by molar-refractivity contribution is 0.493. The van der Waals surface area contributed by atoms with Gasteiger partial charge < -0.3 is 9.73 Å². The Bertz CT molecular complexity index is 537. The van der Waals surface area contributed by atoms with Gasteiger partial charge in [0.1, 0.15) is 17.3 Å². The maximum absolute atomic E-state index is 13.8. The molecule has 19 heavy (non-hydrogen) atoms. The minimum Gasteiger partial charge on any atom is -0.469 e. The lowest BCUT2D eigenvalue weighted by Gasteiger charge is -2.16. The summed E-state index contributed by atoms with van der Waals surface area (Å²) in [6, 6.07) is 6.38. The third kappa shape index (κ3) is 3.34. The van der Waals surface area contributed by atoms with Crippen molar-refractivity contribution >= 4 is 5.69 Å². The van der Waals surface area contributed by atoms with Crippen molar-refractivity contribution in [2.75, 3.05) is 5.32 Å². The summed E-state index contributed by atoms with van der Waals surface area (Å²) in [5.74, 6) is -0.211. The number of anilines is 1. The maximum Gasteiger partial charge on any atom is 0.152 e. The fourth-order valence-corrected chi connectivity index (χ4v) is 1.92. The summed E-state index contributed by atoms with van der Waals surface area (Å²) >= 11 is 0. The molecule has 0 radical (unpaired) electrons. The van der Waals surface area contributed by atoms with E-state index in [0.29, 0.717) is 5.56 Å². The first-order chi connectivity index (χ1) is 9.08. The lowest BCUT2D eigenvalue weighted by Crippen LogP contribution is -2.18. The van der Waals surface area contributed by atoms with Crippen LogP contribution in [0.2, 0.25) is 0 Å². The highest BCUT2D eigenvalue weighted by Gasteiger charge is 2.13. The molecule has 0 bridgehead atoms. The number of rotatable bonds is 5. The summed E-state index contributed by atoms with van der Waals surface area (Å²) in [7, 11) is 0. The Morgan fingerprint density at radius 2 is 2.05 bits per heavy atom. The summed E-state index contributed by atoms with van der Waals surface area (Å²) in [5, 5.41) is 2.89. The molecule has 2 nitrogen and oxygen atoms in total. The third-order valence-electron chi connectivity index (χ3n) is 3.08. The second-order valence-corrected chi connectivity index (χ2v) is 4.72. The number of hydrogen-bond acceptors (Lipinski definition) is 2. The zero-order valence-corrected chi connectivity index (χ0v) is 11.0. The van der Waals surface area contributed by atoms with Crippen LogP contribution in [-0.4, -0.2) is 6.04 Å². The third-order valence-corrected chi connectivity index (χ3v) is 3.08. The van der Waals surface area contributed by atoms with Gasteiger partial charge in [-0.15, -0.1) is 0 Å². The van der Waals surface area contributed by atoms with Gasteiger partial charge in [-0.1, -0.05) is 6.07 Å². The molecule has 4 heteroatoms. The van der Waals surface area contributed by atoms with E-state index in [9.17, 15) is 8.78 Å². The number of benzene rings is 1. The molecule has 0 saturated carbocycles. The largest absolute Gasteiger partial charge is 0.469 e. The Morgan fingerprint density at radius 1 is 1.26 bits per heavy atom. The van der Waals surface area contributed by atoms with E-state index >= 15 is 0 Å². The number of hydrogen-bond donors (Lipinski definition) is 1. The molecule has 0 fully saturated rings. The molecule has 0 spiro atoms. The van der Waals surface area contributed by atoms with E-state index in [1.165, 1.54) is 12.1 Å². The standard InChI is InChI=1S/C15H17F2NO/c1-10-5-8-13(16)15(14(10)17)18-11(2)6-7-12-4-3-9-19-12/h3-5,8-9,11,18H,6-7H2,1-2H3. The van der Waals surface area contributed by atoms with Gasteiger partial charge in [0.15, 0.2) is 5.82 Å². The molecule has 0 aliphatic rings. The van der Waals surface area contributed by atoms with Crippen molar-refractivity contribution in [2.45, 2.75) is 32.7 Å². The Kier molecular flexibility index (Phi) is 4.20. The molecule has 102 valence electrons.